The third-order valence-corrected chi connectivity index (χ3v) is 5.69. The number of nitrogens with one attached hydrogen (secondary N) is 1. The highest BCUT2D eigenvalue weighted by atomic mass is 16.7. The van der Waals surface area contributed by atoms with E-state index in [1.807, 2.05) is 31.2 Å². The number of carbonyl (C=O) groups is 1. The molecule has 0 aromatic heterocycles. The van der Waals surface area contributed by atoms with Crippen LogP contribution in [0.15, 0.2) is 42.5 Å². The Kier molecular flexibility index (Phi) is 7.33. The summed E-state index contributed by atoms with van der Waals surface area (Å²) in [6.45, 7) is 5.95. The van der Waals surface area contributed by atoms with Crippen molar-refractivity contribution < 1.29 is 23.9 Å². The van der Waals surface area contributed by atoms with Gasteiger partial charge >= 0.3 is 0 Å². The second kappa shape index (κ2) is 10.6. The zero-order valence-corrected chi connectivity index (χ0v) is 18.5. The fraction of sp³-hybridized carbons (Fsp3) is 0.375. The Bertz CT molecular complexity index is 1030. The van der Waals surface area contributed by atoms with Crippen LogP contribution in [0.1, 0.15) is 28.3 Å². The molecule has 0 bridgehead atoms. The summed E-state index contributed by atoms with van der Waals surface area (Å²) in [6, 6.07) is 10.7. The van der Waals surface area contributed by atoms with Crippen molar-refractivity contribution in [2.24, 2.45) is 0 Å². The Morgan fingerprint density at radius 3 is 2.70 bits per heavy atom. The summed E-state index contributed by atoms with van der Waals surface area (Å²) in [7, 11) is 0. The standard InChI is InChI=1S/C24H27N3O6/c1-17-2-4-18(5-3-17)22(14-26-8-10-31-11-9-26)25-23(28)7-6-19-12-21(27(29)30)13-20-15-32-16-33-24(19)20/h2-7,12-13,22H,8-11,14-16H2,1H3,(H,25,28)/b7-6+. The average molecular weight is 453 g/mol. The number of hydrogen-bond acceptors (Lipinski definition) is 7. The van der Waals surface area contributed by atoms with Gasteiger partial charge < -0.3 is 19.5 Å². The van der Waals surface area contributed by atoms with Gasteiger partial charge in [-0.1, -0.05) is 29.8 Å². The molecule has 1 atom stereocenters. The van der Waals surface area contributed by atoms with Crippen molar-refractivity contribution in [3.63, 3.8) is 0 Å². The van der Waals surface area contributed by atoms with E-state index in [0.717, 1.165) is 24.2 Å². The normalized spacial score (nSPS) is 17.2. The molecule has 2 aromatic rings. The van der Waals surface area contributed by atoms with Crippen LogP contribution in [0.4, 0.5) is 5.69 Å². The van der Waals surface area contributed by atoms with Gasteiger partial charge in [0.2, 0.25) is 5.91 Å². The lowest BCUT2D eigenvalue weighted by molar-refractivity contribution is -0.385. The molecule has 4 rings (SSSR count). The predicted octanol–water partition coefficient (Wildman–Crippen LogP) is 2.97. The van der Waals surface area contributed by atoms with Crippen molar-refractivity contribution in [3.05, 3.63) is 74.8 Å². The van der Waals surface area contributed by atoms with E-state index in [1.165, 1.54) is 18.2 Å². The summed E-state index contributed by atoms with van der Waals surface area (Å²) in [6.07, 6.45) is 2.94. The fourth-order valence-corrected chi connectivity index (χ4v) is 3.92. The van der Waals surface area contributed by atoms with Crippen LogP contribution in [0.2, 0.25) is 0 Å². The SMILES string of the molecule is Cc1ccc(C(CN2CCOCC2)NC(=O)/C=C/c2cc([N+](=O)[O-])cc3c2OCOC3)cc1. The average Bonchev–Trinajstić information content (AvgIpc) is 2.83. The van der Waals surface area contributed by atoms with Crippen molar-refractivity contribution in [1.82, 2.24) is 10.2 Å². The topological polar surface area (TPSA) is 103 Å². The maximum Gasteiger partial charge on any atom is 0.270 e. The molecule has 1 amide bonds. The van der Waals surface area contributed by atoms with E-state index in [0.29, 0.717) is 36.6 Å². The quantitative estimate of drug-likeness (QED) is 0.391. The molecule has 33 heavy (non-hydrogen) atoms. The summed E-state index contributed by atoms with van der Waals surface area (Å²) in [5.74, 6) is 0.209. The molecule has 0 saturated carbocycles. The highest BCUT2D eigenvalue weighted by Crippen LogP contribution is 2.33. The molecule has 2 heterocycles. The van der Waals surface area contributed by atoms with Crippen LogP contribution in [0, 0.1) is 17.0 Å². The molecule has 1 N–H and O–H groups in total. The third-order valence-electron chi connectivity index (χ3n) is 5.69. The van der Waals surface area contributed by atoms with E-state index in [9.17, 15) is 14.9 Å². The number of non-ortho nitro benzene ring substituents is 1. The Morgan fingerprint density at radius 1 is 1.21 bits per heavy atom. The highest BCUT2D eigenvalue weighted by molar-refractivity contribution is 5.92. The number of fused-ring (bicyclic) bond motifs is 1. The zero-order chi connectivity index (χ0) is 23.2. The third kappa shape index (κ3) is 5.95. The van der Waals surface area contributed by atoms with Crippen molar-refractivity contribution in [1.29, 1.82) is 0 Å². The van der Waals surface area contributed by atoms with Crippen LogP contribution < -0.4 is 10.1 Å². The van der Waals surface area contributed by atoms with Gasteiger partial charge in [0, 0.05) is 49.0 Å². The molecule has 2 aliphatic heterocycles. The van der Waals surface area contributed by atoms with Gasteiger partial charge in [-0.05, 0) is 18.6 Å². The Labute approximate surface area is 192 Å². The van der Waals surface area contributed by atoms with Crippen molar-refractivity contribution >= 4 is 17.7 Å². The van der Waals surface area contributed by atoms with Gasteiger partial charge in [0.1, 0.15) is 5.75 Å². The fourth-order valence-electron chi connectivity index (χ4n) is 3.92. The van der Waals surface area contributed by atoms with E-state index >= 15 is 0 Å². The number of nitro benzene ring substituents is 1. The van der Waals surface area contributed by atoms with Crippen LogP contribution in [-0.2, 0) is 20.9 Å². The molecule has 0 spiro atoms. The first-order chi connectivity index (χ1) is 16.0. The number of benzene rings is 2. The molecule has 1 unspecified atom stereocenters. The van der Waals surface area contributed by atoms with Crippen molar-refractivity contribution in [3.8, 4) is 5.75 Å². The van der Waals surface area contributed by atoms with Gasteiger partial charge in [-0.2, -0.15) is 0 Å². The van der Waals surface area contributed by atoms with E-state index in [1.54, 1.807) is 6.08 Å². The number of amides is 1. The molecule has 1 saturated heterocycles. The predicted molar refractivity (Wildman–Crippen MR) is 122 cm³/mol. The number of rotatable bonds is 7. The summed E-state index contributed by atoms with van der Waals surface area (Å²) >= 11 is 0. The van der Waals surface area contributed by atoms with E-state index in [4.69, 9.17) is 14.2 Å². The van der Waals surface area contributed by atoms with E-state index in [2.05, 4.69) is 10.2 Å². The number of aryl methyl sites for hydroxylation is 1. The van der Waals surface area contributed by atoms with Crippen LogP contribution in [0.3, 0.4) is 0 Å². The van der Waals surface area contributed by atoms with Gasteiger partial charge in [0.15, 0.2) is 6.79 Å². The monoisotopic (exact) mass is 453 g/mol. The lowest BCUT2D eigenvalue weighted by atomic mass is 10.0. The number of nitrogens with zero attached hydrogens (tertiary/aromatic N) is 2. The van der Waals surface area contributed by atoms with Crippen molar-refractivity contribution in [2.75, 3.05) is 39.6 Å². The number of morpholine rings is 1. The molecule has 9 heteroatoms. The van der Waals surface area contributed by atoms with Gasteiger partial charge in [0.25, 0.3) is 5.69 Å². The smallest absolute Gasteiger partial charge is 0.270 e. The second-order valence-corrected chi connectivity index (χ2v) is 8.11. The van der Waals surface area contributed by atoms with Gasteiger partial charge in [-0.3, -0.25) is 19.8 Å². The molecule has 0 radical (unpaired) electrons. The minimum Gasteiger partial charge on any atom is -0.467 e. The number of ether oxygens (including phenoxy) is 3. The molecule has 9 nitrogen and oxygen atoms in total. The minimum absolute atomic E-state index is 0.0624. The van der Waals surface area contributed by atoms with Crippen LogP contribution >= 0.6 is 0 Å². The molecule has 1 fully saturated rings. The second-order valence-electron chi connectivity index (χ2n) is 8.11. The maximum atomic E-state index is 12.9. The molecular formula is C24H27N3O6. The molecule has 0 aliphatic carbocycles. The molecular weight excluding hydrogens is 426 g/mol. The largest absolute Gasteiger partial charge is 0.467 e. The zero-order valence-electron chi connectivity index (χ0n) is 18.5. The summed E-state index contributed by atoms with van der Waals surface area (Å²) in [5, 5.41) is 14.4. The van der Waals surface area contributed by atoms with E-state index in [-0.39, 0.29) is 31.0 Å². The lowest BCUT2D eigenvalue weighted by Gasteiger charge is -2.31. The summed E-state index contributed by atoms with van der Waals surface area (Å²) < 4.78 is 16.2. The van der Waals surface area contributed by atoms with Gasteiger partial charge in [-0.15, -0.1) is 0 Å². The first-order valence-electron chi connectivity index (χ1n) is 10.9. The number of hydrogen-bond donors (Lipinski definition) is 1. The van der Waals surface area contributed by atoms with Crippen molar-refractivity contribution in [2.45, 2.75) is 19.6 Å². The summed E-state index contributed by atoms with van der Waals surface area (Å²) in [4.78, 5) is 26.0. The Balaban J connectivity index is 1.52. The summed E-state index contributed by atoms with van der Waals surface area (Å²) in [5.41, 5.74) is 3.14. The molecule has 2 aromatic carbocycles. The molecule has 174 valence electrons. The molecule has 2 aliphatic rings. The van der Waals surface area contributed by atoms with E-state index < -0.39 is 4.92 Å². The maximum absolute atomic E-state index is 12.9. The van der Waals surface area contributed by atoms with Crippen LogP contribution in [0.5, 0.6) is 5.75 Å². The lowest BCUT2D eigenvalue weighted by Crippen LogP contribution is -2.42. The first kappa shape index (κ1) is 22.9. The van der Waals surface area contributed by atoms with Crippen LogP contribution in [0.25, 0.3) is 6.08 Å². The highest BCUT2D eigenvalue weighted by Gasteiger charge is 2.21. The number of carbonyl (C=O) groups excluding carboxylic acids is 1. The van der Waals surface area contributed by atoms with Gasteiger partial charge in [0.05, 0.1) is 30.8 Å². The van der Waals surface area contributed by atoms with Gasteiger partial charge in [-0.25, -0.2) is 0 Å². The number of nitro groups is 1. The Morgan fingerprint density at radius 2 is 1.97 bits per heavy atom. The first-order valence-corrected chi connectivity index (χ1v) is 10.9. The van der Waals surface area contributed by atoms with Crippen LogP contribution in [-0.4, -0.2) is 55.4 Å². The Hall–Kier alpha value is -3.27. The minimum atomic E-state index is -0.470.